The van der Waals surface area contributed by atoms with E-state index >= 15 is 0 Å². The van der Waals surface area contributed by atoms with Gasteiger partial charge in [-0.15, -0.1) is 0 Å². The smallest absolute Gasteiger partial charge is 0.254 e. The van der Waals surface area contributed by atoms with Crippen molar-refractivity contribution in [2.24, 2.45) is 0 Å². The quantitative estimate of drug-likeness (QED) is 0.728. The molecule has 3 aromatic rings. The molecule has 0 radical (unpaired) electrons. The lowest BCUT2D eigenvalue weighted by atomic mass is 10.1. The van der Waals surface area contributed by atoms with Crippen LogP contribution in [0.25, 0.3) is 11.4 Å². The normalized spacial score (nSPS) is 16.1. The van der Waals surface area contributed by atoms with E-state index in [4.69, 9.17) is 4.52 Å². The summed E-state index contributed by atoms with van der Waals surface area (Å²) in [6, 6.07) is 14.6. The van der Waals surface area contributed by atoms with Gasteiger partial charge in [-0.3, -0.25) is 9.59 Å². The van der Waals surface area contributed by atoms with Gasteiger partial charge < -0.3 is 14.7 Å². The highest BCUT2D eigenvalue weighted by molar-refractivity contribution is 5.97. The van der Waals surface area contributed by atoms with Gasteiger partial charge in [0.05, 0.1) is 0 Å². The first-order chi connectivity index (χ1) is 14.0. The van der Waals surface area contributed by atoms with Crippen LogP contribution >= 0.6 is 0 Å². The second kappa shape index (κ2) is 7.87. The number of likely N-dealkylation sites (tertiary alicyclic amines) is 1. The fourth-order valence-electron chi connectivity index (χ4n) is 3.64. The van der Waals surface area contributed by atoms with E-state index in [1.54, 1.807) is 29.2 Å². The predicted molar refractivity (Wildman–Crippen MR) is 108 cm³/mol. The van der Waals surface area contributed by atoms with E-state index in [-0.39, 0.29) is 17.9 Å². The first kappa shape index (κ1) is 18.9. The van der Waals surface area contributed by atoms with Gasteiger partial charge in [-0.1, -0.05) is 35.0 Å². The zero-order chi connectivity index (χ0) is 20.4. The van der Waals surface area contributed by atoms with Crippen molar-refractivity contribution in [3.8, 4) is 11.4 Å². The summed E-state index contributed by atoms with van der Waals surface area (Å²) in [6.45, 7) is 4.07. The Bertz CT molecular complexity index is 1060. The number of carbonyl (C=O) groups is 2. The van der Waals surface area contributed by atoms with E-state index in [1.165, 1.54) is 6.92 Å². The Morgan fingerprint density at radius 3 is 2.79 bits per heavy atom. The molecule has 7 heteroatoms. The number of anilines is 1. The Balaban J connectivity index is 1.57. The third-order valence-electron chi connectivity index (χ3n) is 4.95. The number of rotatable bonds is 4. The number of benzene rings is 2. The Morgan fingerprint density at radius 1 is 1.17 bits per heavy atom. The summed E-state index contributed by atoms with van der Waals surface area (Å²) in [7, 11) is 0. The minimum atomic E-state index is -0.252. The van der Waals surface area contributed by atoms with Gasteiger partial charge in [-0.2, -0.15) is 4.98 Å². The Kier molecular flexibility index (Phi) is 5.12. The number of aryl methyl sites for hydroxylation is 1. The molecule has 148 valence electrons. The van der Waals surface area contributed by atoms with Crippen LogP contribution in [0.5, 0.6) is 0 Å². The van der Waals surface area contributed by atoms with Gasteiger partial charge in [0.2, 0.25) is 17.6 Å². The Labute approximate surface area is 168 Å². The van der Waals surface area contributed by atoms with Gasteiger partial charge in [0.15, 0.2) is 0 Å². The molecule has 1 aliphatic heterocycles. The van der Waals surface area contributed by atoms with E-state index in [0.717, 1.165) is 24.0 Å². The number of aromatic nitrogens is 2. The fourth-order valence-corrected chi connectivity index (χ4v) is 3.64. The maximum Gasteiger partial charge on any atom is 0.254 e. The average Bonchev–Trinajstić information content (AvgIpc) is 3.36. The number of hydrogen-bond donors (Lipinski definition) is 1. The van der Waals surface area contributed by atoms with Crippen LogP contribution in [-0.2, 0) is 4.79 Å². The van der Waals surface area contributed by atoms with Crippen molar-refractivity contribution >= 4 is 17.5 Å². The highest BCUT2D eigenvalue weighted by Gasteiger charge is 2.34. The van der Waals surface area contributed by atoms with Crippen LogP contribution < -0.4 is 5.32 Å². The highest BCUT2D eigenvalue weighted by Crippen LogP contribution is 2.33. The van der Waals surface area contributed by atoms with Gasteiger partial charge in [0.1, 0.15) is 6.04 Å². The van der Waals surface area contributed by atoms with E-state index in [0.29, 0.717) is 29.5 Å². The third kappa shape index (κ3) is 4.03. The maximum absolute atomic E-state index is 13.1. The molecule has 0 unspecified atom stereocenters. The molecule has 1 fully saturated rings. The summed E-state index contributed by atoms with van der Waals surface area (Å²) < 4.78 is 5.52. The lowest BCUT2D eigenvalue weighted by Gasteiger charge is -2.22. The van der Waals surface area contributed by atoms with Crippen molar-refractivity contribution in [3.63, 3.8) is 0 Å². The van der Waals surface area contributed by atoms with E-state index in [9.17, 15) is 9.59 Å². The van der Waals surface area contributed by atoms with Crippen LogP contribution in [0.2, 0.25) is 0 Å². The summed E-state index contributed by atoms with van der Waals surface area (Å²) in [6.07, 6.45) is 1.64. The average molecular weight is 390 g/mol. The SMILES string of the molecule is CC(=O)Nc1cccc(C(=O)N2CCC[C@@H]2c2nc(-c3cccc(C)c3)no2)c1. The first-order valence-corrected chi connectivity index (χ1v) is 9.60. The molecule has 7 nitrogen and oxygen atoms in total. The largest absolute Gasteiger partial charge is 0.337 e. The van der Waals surface area contributed by atoms with Crippen LogP contribution in [0.3, 0.4) is 0 Å². The van der Waals surface area contributed by atoms with Crippen LogP contribution in [0.1, 0.15) is 47.6 Å². The maximum atomic E-state index is 13.1. The fraction of sp³-hybridized carbons (Fsp3) is 0.273. The number of nitrogens with one attached hydrogen (secondary N) is 1. The molecule has 0 aliphatic carbocycles. The summed E-state index contributed by atoms with van der Waals surface area (Å²) in [4.78, 5) is 30.7. The van der Waals surface area contributed by atoms with Gasteiger partial charge in [0, 0.05) is 30.3 Å². The molecule has 0 saturated carbocycles. The van der Waals surface area contributed by atoms with Gasteiger partial charge in [-0.05, 0) is 44.0 Å². The van der Waals surface area contributed by atoms with Gasteiger partial charge in [0.25, 0.3) is 5.91 Å². The molecular weight excluding hydrogens is 368 g/mol. The zero-order valence-electron chi connectivity index (χ0n) is 16.4. The molecular formula is C22H22N4O3. The summed E-state index contributed by atoms with van der Waals surface area (Å²) in [5.41, 5.74) is 3.12. The molecule has 2 aromatic carbocycles. The van der Waals surface area contributed by atoms with Crippen LogP contribution in [0.15, 0.2) is 53.1 Å². The molecule has 1 atom stereocenters. The molecule has 2 amide bonds. The van der Waals surface area contributed by atoms with E-state index in [1.807, 2.05) is 31.2 Å². The van der Waals surface area contributed by atoms with Gasteiger partial charge >= 0.3 is 0 Å². The van der Waals surface area contributed by atoms with Crippen molar-refractivity contribution < 1.29 is 14.1 Å². The molecule has 0 spiro atoms. The molecule has 1 aliphatic rings. The number of amides is 2. The minimum Gasteiger partial charge on any atom is -0.337 e. The lowest BCUT2D eigenvalue weighted by molar-refractivity contribution is -0.114. The Morgan fingerprint density at radius 2 is 2.00 bits per heavy atom. The molecule has 1 N–H and O–H groups in total. The molecule has 1 saturated heterocycles. The van der Waals surface area contributed by atoms with Crippen molar-refractivity contribution in [3.05, 3.63) is 65.5 Å². The molecule has 0 bridgehead atoms. The molecule has 4 rings (SSSR count). The van der Waals surface area contributed by atoms with E-state index in [2.05, 4.69) is 15.5 Å². The topological polar surface area (TPSA) is 88.3 Å². The molecule has 1 aromatic heterocycles. The van der Waals surface area contributed by atoms with Crippen LogP contribution in [0, 0.1) is 6.92 Å². The Hall–Kier alpha value is -3.48. The van der Waals surface area contributed by atoms with Crippen LogP contribution in [-0.4, -0.2) is 33.4 Å². The highest BCUT2D eigenvalue weighted by atomic mass is 16.5. The number of nitrogens with zero attached hydrogens (tertiary/aromatic N) is 3. The summed E-state index contributed by atoms with van der Waals surface area (Å²) >= 11 is 0. The van der Waals surface area contributed by atoms with Crippen molar-refractivity contribution in [2.45, 2.75) is 32.7 Å². The second-order valence-corrected chi connectivity index (χ2v) is 7.24. The van der Waals surface area contributed by atoms with Crippen molar-refractivity contribution in [1.29, 1.82) is 0 Å². The summed E-state index contributed by atoms with van der Waals surface area (Å²) in [5.74, 6) is 0.680. The van der Waals surface area contributed by atoms with Crippen molar-refractivity contribution in [2.75, 3.05) is 11.9 Å². The van der Waals surface area contributed by atoms with Crippen molar-refractivity contribution in [1.82, 2.24) is 15.0 Å². The second-order valence-electron chi connectivity index (χ2n) is 7.24. The van der Waals surface area contributed by atoms with E-state index < -0.39 is 0 Å². The standard InChI is InChI=1S/C22H22N4O3/c1-14-6-3-7-16(12-14)20-24-21(29-25-20)19-10-5-11-26(19)22(28)17-8-4-9-18(13-17)23-15(2)27/h3-4,6-9,12-13,19H,5,10-11H2,1-2H3,(H,23,27)/t19-/m1/s1. The minimum absolute atomic E-state index is 0.116. The predicted octanol–water partition coefficient (Wildman–Crippen LogP) is 3.98. The monoisotopic (exact) mass is 390 g/mol. The lowest BCUT2D eigenvalue weighted by Crippen LogP contribution is -2.30. The summed E-state index contributed by atoms with van der Waals surface area (Å²) in [5, 5.41) is 6.82. The zero-order valence-corrected chi connectivity index (χ0v) is 16.4. The molecule has 2 heterocycles. The van der Waals surface area contributed by atoms with Crippen LogP contribution in [0.4, 0.5) is 5.69 Å². The third-order valence-corrected chi connectivity index (χ3v) is 4.95. The first-order valence-electron chi connectivity index (χ1n) is 9.60. The molecule has 29 heavy (non-hydrogen) atoms. The number of hydrogen-bond acceptors (Lipinski definition) is 5. The number of carbonyl (C=O) groups excluding carboxylic acids is 2. The van der Waals surface area contributed by atoms with Gasteiger partial charge in [-0.25, -0.2) is 0 Å².